The van der Waals surface area contributed by atoms with E-state index in [1.807, 2.05) is 13.8 Å². The van der Waals surface area contributed by atoms with Crippen LogP contribution in [0.5, 0.6) is 0 Å². The van der Waals surface area contributed by atoms with Crippen LogP contribution in [0.15, 0.2) is 146 Å². The first-order chi connectivity index (χ1) is 22.2. The third kappa shape index (κ3) is 5.67. The van der Waals surface area contributed by atoms with Gasteiger partial charge < -0.3 is 14.3 Å². The molecular weight excluding hydrogens is 561 g/mol. The molecule has 0 bridgehead atoms. The molecule has 1 N–H and O–H groups in total. The van der Waals surface area contributed by atoms with Gasteiger partial charge >= 0.3 is 0 Å². The summed E-state index contributed by atoms with van der Waals surface area (Å²) in [4.78, 5) is 0. The number of hydrogen-bond donors (Lipinski definition) is 1. The van der Waals surface area contributed by atoms with E-state index in [2.05, 4.69) is 150 Å². The van der Waals surface area contributed by atoms with Crippen LogP contribution in [-0.4, -0.2) is 28.4 Å². The Morgan fingerprint density at radius 3 is 1.78 bits per heavy atom. The Bertz CT molecular complexity index is 2160. The molecule has 3 nitrogen and oxygen atoms in total. The topological polar surface area (TPSA) is 34.4 Å². The maximum absolute atomic E-state index is 10.5. The first-order valence-electron chi connectivity index (χ1n) is 16.2. The lowest BCUT2D eigenvalue weighted by atomic mass is 9.82. The predicted molar refractivity (Wildman–Crippen MR) is 197 cm³/mol. The van der Waals surface area contributed by atoms with Gasteiger partial charge in [-0.3, -0.25) is 0 Å². The van der Waals surface area contributed by atoms with Crippen LogP contribution < -0.4 is 5.46 Å². The molecule has 6 aromatic carbocycles. The fourth-order valence-corrected chi connectivity index (χ4v) is 6.27. The van der Waals surface area contributed by atoms with E-state index in [4.69, 9.17) is 4.65 Å². The van der Waals surface area contributed by atoms with Gasteiger partial charge in [0.1, 0.15) is 7.48 Å². The van der Waals surface area contributed by atoms with E-state index in [-0.39, 0.29) is 0 Å². The summed E-state index contributed by atoms with van der Waals surface area (Å²) in [5, 5.41) is 12.9. The van der Waals surface area contributed by atoms with Gasteiger partial charge in [-0.1, -0.05) is 115 Å². The Labute approximate surface area is 272 Å². The molecule has 0 aliphatic carbocycles. The standard InChI is InChI=1S/C42H39BNO2/c1-41(2,45)42(3,4)46-43-35-23-20-30(21-24-35)31-14-10-15-32(26-31)34-22-25-38-37-18-8-9-19-39(37)44(40(38)28-34)36-17-11-16-33(27-36)29-12-6-5-7-13-29/h5-28,45H,43H2,1-4H3/q-1. The minimum atomic E-state index is -0.902. The highest BCUT2D eigenvalue weighted by molar-refractivity contribution is 6.47. The van der Waals surface area contributed by atoms with Gasteiger partial charge in [0.05, 0.1) is 16.6 Å². The van der Waals surface area contributed by atoms with E-state index in [1.165, 1.54) is 60.6 Å². The maximum Gasteiger partial charge on any atom is 0.112 e. The van der Waals surface area contributed by atoms with E-state index in [1.54, 1.807) is 13.8 Å². The van der Waals surface area contributed by atoms with Crippen LogP contribution in [0.3, 0.4) is 0 Å². The molecular formula is C42H39BNO2-. The second-order valence-electron chi connectivity index (χ2n) is 13.4. The quantitative estimate of drug-likeness (QED) is 0.177. The molecule has 7 rings (SSSR count). The molecule has 0 saturated heterocycles. The molecule has 0 fully saturated rings. The highest BCUT2D eigenvalue weighted by Gasteiger charge is 2.32. The van der Waals surface area contributed by atoms with Crippen molar-refractivity contribution in [1.82, 2.24) is 4.57 Å². The van der Waals surface area contributed by atoms with Crippen LogP contribution in [-0.2, 0) is 4.65 Å². The Morgan fingerprint density at radius 1 is 0.500 bits per heavy atom. The summed E-state index contributed by atoms with van der Waals surface area (Å²) in [5.74, 6) is 0. The van der Waals surface area contributed by atoms with Gasteiger partial charge in [0.25, 0.3) is 0 Å². The Balaban J connectivity index is 1.24. The molecule has 46 heavy (non-hydrogen) atoms. The summed E-state index contributed by atoms with van der Waals surface area (Å²) in [5.41, 5.74) is 10.4. The SMILES string of the molecule is CC(C)(O)C(C)(C)O[BH2-]c1ccc(-c2cccc(-c3ccc4c5ccccc5n(-c5cccc(-c6ccccc6)c5)c4c3)c2)cc1. The van der Waals surface area contributed by atoms with Gasteiger partial charge in [0, 0.05) is 22.1 Å². The fraction of sp³-hybridized carbons (Fsp3) is 0.143. The van der Waals surface area contributed by atoms with Crippen LogP contribution in [0.4, 0.5) is 0 Å². The van der Waals surface area contributed by atoms with Crippen LogP contribution >= 0.6 is 0 Å². The minimum Gasteiger partial charge on any atom is -0.585 e. The van der Waals surface area contributed by atoms with E-state index in [0.717, 1.165) is 5.69 Å². The van der Waals surface area contributed by atoms with Gasteiger partial charge in [-0.15, -0.1) is 0 Å². The van der Waals surface area contributed by atoms with Gasteiger partial charge in [0.2, 0.25) is 0 Å². The Morgan fingerprint density at radius 2 is 1.04 bits per heavy atom. The summed E-state index contributed by atoms with van der Waals surface area (Å²) in [6, 6.07) is 52.4. The number of fused-ring (bicyclic) bond motifs is 3. The van der Waals surface area contributed by atoms with Crippen molar-refractivity contribution in [2.24, 2.45) is 0 Å². The highest BCUT2D eigenvalue weighted by Crippen LogP contribution is 2.36. The summed E-state index contributed by atoms with van der Waals surface area (Å²) < 4.78 is 8.60. The second kappa shape index (κ2) is 11.8. The fourth-order valence-electron chi connectivity index (χ4n) is 6.27. The van der Waals surface area contributed by atoms with Gasteiger partial charge in [-0.2, -0.15) is 5.46 Å². The molecule has 1 aromatic heterocycles. The first kappa shape index (κ1) is 29.8. The lowest BCUT2D eigenvalue weighted by Crippen LogP contribution is -2.49. The second-order valence-corrected chi connectivity index (χ2v) is 13.4. The molecule has 0 aliphatic rings. The molecule has 0 radical (unpaired) electrons. The van der Waals surface area contributed by atoms with E-state index in [9.17, 15) is 5.11 Å². The molecule has 7 aromatic rings. The average molecular weight is 601 g/mol. The van der Waals surface area contributed by atoms with E-state index >= 15 is 0 Å². The summed E-state index contributed by atoms with van der Waals surface area (Å²) in [7, 11) is -0.836. The van der Waals surface area contributed by atoms with Gasteiger partial charge in [0.15, 0.2) is 0 Å². The molecule has 0 saturated carbocycles. The van der Waals surface area contributed by atoms with Crippen molar-refractivity contribution < 1.29 is 9.76 Å². The Hall–Kier alpha value is -4.90. The van der Waals surface area contributed by atoms with E-state index < -0.39 is 18.7 Å². The van der Waals surface area contributed by atoms with Crippen LogP contribution in [0.25, 0.3) is 60.9 Å². The van der Waals surface area contributed by atoms with Crippen molar-refractivity contribution in [3.8, 4) is 39.1 Å². The molecule has 0 spiro atoms. The minimum absolute atomic E-state index is 0.600. The third-order valence-electron chi connectivity index (χ3n) is 9.79. The smallest absolute Gasteiger partial charge is 0.112 e. The van der Waals surface area contributed by atoms with Crippen molar-refractivity contribution in [1.29, 1.82) is 0 Å². The zero-order chi connectivity index (χ0) is 31.9. The largest absolute Gasteiger partial charge is 0.585 e. The van der Waals surface area contributed by atoms with Crippen molar-refractivity contribution in [2.45, 2.75) is 38.9 Å². The lowest BCUT2D eigenvalue weighted by molar-refractivity contribution is -0.0893. The maximum atomic E-state index is 10.5. The predicted octanol–water partition coefficient (Wildman–Crippen LogP) is 9.06. The van der Waals surface area contributed by atoms with Gasteiger partial charge in [-0.05, 0) is 91.4 Å². The zero-order valence-electron chi connectivity index (χ0n) is 27.2. The highest BCUT2D eigenvalue weighted by atomic mass is 16.5. The lowest BCUT2D eigenvalue weighted by Gasteiger charge is -2.42. The molecule has 0 aliphatic heterocycles. The molecule has 228 valence electrons. The number of aromatic nitrogens is 1. The average Bonchev–Trinajstić information content (AvgIpc) is 3.41. The summed E-state index contributed by atoms with van der Waals surface area (Å²) >= 11 is 0. The number of nitrogens with zero attached hydrogens (tertiary/aromatic N) is 1. The van der Waals surface area contributed by atoms with Crippen LogP contribution in [0, 0.1) is 0 Å². The normalized spacial score (nSPS) is 12.2. The van der Waals surface area contributed by atoms with Crippen molar-refractivity contribution in [3.05, 3.63) is 146 Å². The molecule has 4 heteroatoms. The van der Waals surface area contributed by atoms with Crippen molar-refractivity contribution >= 4 is 34.8 Å². The van der Waals surface area contributed by atoms with Crippen LogP contribution in [0.1, 0.15) is 27.7 Å². The van der Waals surface area contributed by atoms with Crippen molar-refractivity contribution in [2.75, 3.05) is 0 Å². The Kier molecular flexibility index (Phi) is 7.64. The molecule has 1 heterocycles. The summed E-state index contributed by atoms with van der Waals surface area (Å²) in [6.45, 7) is 7.51. The molecule has 0 atom stereocenters. The zero-order valence-corrected chi connectivity index (χ0v) is 27.2. The molecule has 0 unspecified atom stereocenters. The van der Waals surface area contributed by atoms with Crippen molar-refractivity contribution in [3.63, 3.8) is 0 Å². The van der Waals surface area contributed by atoms with E-state index in [0.29, 0.717) is 0 Å². The summed E-state index contributed by atoms with van der Waals surface area (Å²) in [6.07, 6.45) is 0. The number of hydrogen-bond acceptors (Lipinski definition) is 2. The molecule has 0 amide bonds. The first-order valence-corrected chi connectivity index (χ1v) is 16.2. The monoisotopic (exact) mass is 600 g/mol. The number of rotatable bonds is 8. The van der Waals surface area contributed by atoms with Crippen LogP contribution in [0.2, 0.25) is 0 Å². The number of para-hydroxylation sites is 1. The van der Waals surface area contributed by atoms with Gasteiger partial charge in [-0.25, -0.2) is 0 Å². The number of benzene rings is 6. The number of aliphatic hydroxyl groups is 1. The third-order valence-corrected chi connectivity index (χ3v) is 9.79.